The van der Waals surface area contributed by atoms with Crippen molar-refractivity contribution in [3.05, 3.63) is 23.2 Å². The summed E-state index contributed by atoms with van der Waals surface area (Å²) in [5.41, 5.74) is 6.82. The molecule has 1 aliphatic carbocycles. The van der Waals surface area contributed by atoms with Crippen molar-refractivity contribution in [2.75, 3.05) is 11.1 Å². The molecule has 0 bridgehead atoms. The molecule has 6 heteroatoms. The average molecular weight is 349 g/mol. The van der Waals surface area contributed by atoms with Crippen LogP contribution in [-0.2, 0) is 4.79 Å². The van der Waals surface area contributed by atoms with E-state index >= 15 is 0 Å². The van der Waals surface area contributed by atoms with Crippen molar-refractivity contribution >= 4 is 47.4 Å². The minimum atomic E-state index is 0. The number of carbonyl (C=O) groups is 1. The highest BCUT2D eigenvalue weighted by Gasteiger charge is 2.26. The van der Waals surface area contributed by atoms with Crippen LogP contribution in [0.1, 0.15) is 32.6 Å². The molecule has 2 rings (SSSR count). The highest BCUT2D eigenvalue weighted by Crippen LogP contribution is 2.31. The molecule has 1 aliphatic rings. The maximum atomic E-state index is 12.2. The van der Waals surface area contributed by atoms with Gasteiger partial charge in [0, 0.05) is 22.4 Å². The Bertz CT molecular complexity index is 485. The zero-order valence-corrected chi connectivity index (χ0v) is 14.5. The van der Waals surface area contributed by atoms with Crippen molar-refractivity contribution in [3.63, 3.8) is 0 Å². The second-order valence-electron chi connectivity index (χ2n) is 5.18. The smallest absolute Gasteiger partial charge is 0.224 e. The number of nitrogens with two attached hydrogens (primary N) is 1. The van der Waals surface area contributed by atoms with E-state index in [9.17, 15) is 4.79 Å². The van der Waals surface area contributed by atoms with E-state index in [0.29, 0.717) is 17.4 Å². The molecule has 118 valence electrons. The van der Waals surface area contributed by atoms with Crippen molar-refractivity contribution in [1.29, 1.82) is 0 Å². The first-order valence-corrected chi connectivity index (χ1v) is 8.44. The van der Waals surface area contributed by atoms with E-state index in [-0.39, 0.29) is 24.4 Å². The second-order valence-corrected chi connectivity index (χ2v) is 6.92. The Hall–Kier alpha value is -0.420. The topological polar surface area (TPSA) is 55.1 Å². The number of rotatable bonds is 5. The Morgan fingerprint density at radius 2 is 2.24 bits per heavy atom. The van der Waals surface area contributed by atoms with Gasteiger partial charge < -0.3 is 11.1 Å². The van der Waals surface area contributed by atoms with Crippen LogP contribution in [-0.4, -0.2) is 17.7 Å². The normalized spacial score (nSPS) is 20.9. The summed E-state index contributed by atoms with van der Waals surface area (Å²) in [6.45, 7) is 2.09. The van der Waals surface area contributed by atoms with E-state index in [1.54, 1.807) is 11.8 Å². The molecular weight excluding hydrogens is 327 g/mol. The number of carbonyl (C=O) groups excluding carboxylic acids is 1. The highest BCUT2D eigenvalue weighted by molar-refractivity contribution is 7.99. The van der Waals surface area contributed by atoms with Gasteiger partial charge in [0.2, 0.25) is 5.91 Å². The Morgan fingerprint density at radius 3 is 2.86 bits per heavy atom. The lowest BCUT2D eigenvalue weighted by atomic mass is 10.00. The molecule has 0 heterocycles. The number of benzene rings is 1. The van der Waals surface area contributed by atoms with Gasteiger partial charge in [0.25, 0.3) is 0 Å². The number of thioether (sulfide) groups is 1. The average Bonchev–Trinajstić information content (AvgIpc) is 2.78. The lowest BCUT2D eigenvalue weighted by Crippen LogP contribution is -2.28. The summed E-state index contributed by atoms with van der Waals surface area (Å²) in [6.07, 6.45) is 3.73. The van der Waals surface area contributed by atoms with Crippen LogP contribution in [0.5, 0.6) is 0 Å². The summed E-state index contributed by atoms with van der Waals surface area (Å²) in [5.74, 6) is 1.31. The molecule has 1 aromatic carbocycles. The molecule has 0 spiro atoms. The fourth-order valence-electron chi connectivity index (χ4n) is 2.64. The third-order valence-corrected chi connectivity index (χ3v) is 4.87. The molecule has 21 heavy (non-hydrogen) atoms. The summed E-state index contributed by atoms with van der Waals surface area (Å²) in [4.78, 5) is 13.2. The van der Waals surface area contributed by atoms with E-state index in [0.717, 1.165) is 35.6 Å². The van der Waals surface area contributed by atoms with E-state index in [1.165, 1.54) is 0 Å². The van der Waals surface area contributed by atoms with Gasteiger partial charge in [-0.05, 0) is 42.7 Å². The molecule has 2 atom stereocenters. The lowest BCUT2D eigenvalue weighted by molar-refractivity contribution is -0.117. The monoisotopic (exact) mass is 348 g/mol. The first kappa shape index (κ1) is 18.6. The molecule has 1 amide bonds. The van der Waals surface area contributed by atoms with Gasteiger partial charge in [-0.1, -0.05) is 24.9 Å². The molecule has 0 aliphatic heterocycles. The fourth-order valence-corrected chi connectivity index (χ4v) is 3.55. The molecule has 0 radical (unpaired) electrons. The van der Waals surface area contributed by atoms with Gasteiger partial charge in [0.15, 0.2) is 0 Å². The summed E-state index contributed by atoms with van der Waals surface area (Å²) in [6, 6.07) is 5.78. The summed E-state index contributed by atoms with van der Waals surface area (Å²) < 4.78 is 0. The predicted molar refractivity (Wildman–Crippen MR) is 93.7 cm³/mol. The number of amides is 1. The fraction of sp³-hybridized carbons (Fsp3) is 0.533. The van der Waals surface area contributed by atoms with E-state index in [4.69, 9.17) is 17.3 Å². The van der Waals surface area contributed by atoms with Gasteiger partial charge in [-0.2, -0.15) is 0 Å². The summed E-state index contributed by atoms with van der Waals surface area (Å²) in [5, 5.41) is 3.62. The zero-order chi connectivity index (χ0) is 14.5. The quantitative estimate of drug-likeness (QED) is 0.778. The van der Waals surface area contributed by atoms with Crippen LogP contribution in [0, 0.1) is 5.92 Å². The SMILES string of the molecule is CCSc1ccc(Cl)cc1NC(=O)C[C@@H]1CCC[C@H]1N.Cl. The van der Waals surface area contributed by atoms with Crippen LogP contribution in [0.4, 0.5) is 5.69 Å². The van der Waals surface area contributed by atoms with Crippen molar-refractivity contribution in [1.82, 2.24) is 0 Å². The highest BCUT2D eigenvalue weighted by atomic mass is 35.5. The molecule has 0 saturated heterocycles. The zero-order valence-electron chi connectivity index (χ0n) is 12.1. The molecule has 3 nitrogen and oxygen atoms in total. The van der Waals surface area contributed by atoms with Gasteiger partial charge >= 0.3 is 0 Å². The Kier molecular flexibility index (Phi) is 7.88. The van der Waals surface area contributed by atoms with Crippen LogP contribution < -0.4 is 11.1 Å². The second kappa shape index (κ2) is 8.89. The molecular formula is C15H22Cl2N2OS. The Labute approximate surface area is 141 Å². The number of hydrogen-bond donors (Lipinski definition) is 2. The van der Waals surface area contributed by atoms with Crippen molar-refractivity contribution in [2.45, 2.75) is 43.5 Å². The van der Waals surface area contributed by atoms with Crippen LogP contribution >= 0.6 is 35.8 Å². The van der Waals surface area contributed by atoms with Crippen molar-refractivity contribution < 1.29 is 4.79 Å². The van der Waals surface area contributed by atoms with Gasteiger partial charge in [-0.25, -0.2) is 0 Å². The molecule has 0 unspecified atom stereocenters. The minimum Gasteiger partial charge on any atom is -0.327 e. The lowest BCUT2D eigenvalue weighted by Gasteiger charge is -2.16. The van der Waals surface area contributed by atoms with Crippen molar-refractivity contribution in [3.8, 4) is 0 Å². The van der Waals surface area contributed by atoms with E-state index in [2.05, 4.69) is 12.2 Å². The maximum absolute atomic E-state index is 12.2. The molecule has 1 fully saturated rings. The standard InChI is InChI=1S/C15H21ClN2OS.ClH/c1-2-20-14-7-6-11(16)9-13(14)18-15(19)8-10-4-3-5-12(10)17;/h6-7,9-10,12H,2-5,8,17H2,1H3,(H,18,19);1H/t10-,12+;/m0./s1. The number of hydrogen-bond acceptors (Lipinski definition) is 3. The van der Waals surface area contributed by atoms with Crippen LogP contribution in [0.3, 0.4) is 0 Å². The Morgan fingerprint density at radius 1 is 1.48 bits per heavy atom. The number of halogens is 2. The van der Waals surface area contributed by atoms with Gasteiger partial charge in [-0.3, -0.25) is 4.79 Å². The third-order valence-electron chi connectivity index (χ3n) is 3.68. The Balaban J connectivity index is 0.00000220. The maximum Gasteiger partial charge on any atom is 0.224 e. The third kappa shape index (κ3) is 5.37. The van der Waals surface area contributed by atoms with Crippen LogP contribution in [0.25, 0.3) is 0 Å². The number of nitrogens with one attached hydrogen (secondary N) is 1. The first-order valence-electron chi connectivity index (χ1n) is 7.08. The van der Waals surface area contributed by atoms with E-state index < -0.39 is 0 Å². The van der Waals surface area contributed by atoms with Crippen LogP contribution in [0.15, 0.2) is 23.1 Å². The molecule has 0 aromatic heterocycles. The molecule has 1 aromatic rings. The first-order chi connectivity index (χ1) is 9.60. The van der Waals surface area contributed by atoms with Gasteiger partial charge in [0.1, 0.15) is 0 Å². The summed E-state index contributed by atoms with van der Waals surface area (Å²) in [7, 11) is 0. The van der Waals surface area contributed by atoms with Gasteiger partial charge in [0.05, 0.1) is 5.69 Å². The molecule has 3 N–H and O–H groups in total. The largest absolute Gasteiger partial charge is 0.327 e. The van der Waals surface area contributed by atoms with Crippen LogP contribution in [0.2, 0.25) is 5.02 Å². The number of anilines is 1. The predicted octanol–water partition coefficient (Wildman–Crippen LogP) is 4.33. The van der Waals surface area contributed by atoms with E-state index in [1.807, 2.05) is 18.2 Å². The molecule has 1 saturated carbocycles. The van der Waals surface area contributed by atoms with Gasteiger partial charge in [-0.15, -0.1) is 24.2 Å². The van der Waals surface area contributed by atoms with Crippen molar-refractivity contribution in [2.24, 2.45) is 11.7 Å². The summed E-state index contributed by atoms with van der Waals surface area (Å²) >= 11 is 7.71. The minimum absolute atomic E-state index is 0.